The number of β-amino-alcohol motifs (C(OH)–C–C–N with tert-alkyl or cyclic N) is 1. The topological polar surface area (TPSA) is 62.4 Å². The van der Waals surface area contributed by atoms with Gasteiger partial charge in [0.1, 0.15) is 0 Å². The molecule has 6 heteroatoms. The van der Waals surface area contributed by atoms with Crippen molar-refractivity contribution < 1.29 is 9.63 Å². The number of aliphatic hydroxyl groups excluding tert-OH is 1. The number of benzene rings is 1. The highest BCUT2D eigenvalue weighted by Crippen LogP contribution is 2.26. The molecule has 1 saturated heterocycles. The van der Waals surface area contributed by atoms with Gasteiger partial charge in [0, 0.05) is 23.7 Å². The van der Waals surface area contributed by atoms with Crippen molar-refractivity contribution in [3.63, 3.8) is 0 Å². The van der Waals surface area contributed by atoms with E-state index in [9.17, 15) is 5.11 Å². The second-order valence-corrected chi connectivity index (χ2v) is 5.51. The van der Waals surface area contributed by atoms with Crippen molar-refractivity contribution in [2.45, 2.75) is 25.5 Å². The molecule has 1 aliphatic heterocycles. The van der Waals surface area contributed by atoms with Crippen LogP contribution in [-0.4, -0.2) is 39.3 Å². The van der Waals surface area contributed by atoms with E-state index in [1.54, 1.807) is 12.1 Å². The van der Waals surface area contributed by atoms with Gasteiger partial charge in [-0.05, 0) is 37.6 Å². The molecular weight excluding hydrogens is 278 g/mol. The van der Waals surface area contributed by atoms with Gasteiger partial charge in [0.15, 0.2) is 0 Å². The first-order chi connectivity index (χ1) is 9.63. The predicted molar refractivity (Wildman–Crippen MR) is 75.4 cm³/mol. The first-order valence-corrected chi connectivity index (χ1v) is 7.03. The maximum Gasteiger partial charge on any atom is 0.244 e. The van der Waals surface area contributed by atoms with E-state index >= 15 is 0 Å². The normalized spacial score (nSPS) is 21.2. The van der Waals surface area contributed by atoms with Crippen LogP contribution in [-0.2, 0) is 0 Å². The Morgan fingerprint density at radius 3 is 2.80 bits per heavy atom. The maximum atomic E-state index is 9.58. The smallest absolute Gasteiger partial charge is 0.244 e. The Labute approximate surface area is 122 Å². The van der Waals surface area contributed by atoms with E-state index in [4.69, 9.17) is 16.1 Å². The van der Waals surface area contributed by atoms with Gasteiger partial charge in [-0.25, -0.2) is 0 Å². The molecule has 1 unspecified atom stereocenters. The highest BCUT2D eigenvalue weighted by atomic mass is 35.5. The molecule has 1 aromatic heterocycles. The van der Waals surface area contributed by atoms with E-state index in [0.717, 1.165) is 18.5 Å². The molecule has 0 saturated carbocycles. The molecule has 0 bridgehead atoms. The van der Waals surface area contributed by atoms with Gasteiger partial charge < -0.3 is 9.63 Å². The standard InChI is InChI=1S/C14H16ClN3O2/c1-9(18-7-6-12(19)8-18)14-16-13(17-20-14)10-2-4-11(15)5-3-10/h2-5,9,12,19H,6-8H2,1H3/t9?,12-/m0/s1. The van der Waals surface area contributed by atoms with Crippen molar-refractivity contribution in [1.29, 1.82) is 0 Å². The number of hydrogen-bond acceptors (Lipinski definition) is 5. The van der Waals surface area contributed by atoms with Crippen molar-refractivity contribution in [2.24, 2.45) is 0 Å². The summed E-state index contributed by atoms with van der Waals surface area (Å²) in [5.74, 6) is 1.13. The summed E-state index contributed by atoms with van der Waals surface area (Å²) in [6.07, 6.45) is 0.541. The zero-order valence-corrected chi connectivity index (χ0v) is 11.9. The molecule has 2 atom stereocenters. The van der Waals surface area contributed by atoms with Crippen LogP contribution in [0, 0.1) is 0 Å². The zero-order valence-electron chi connectivity index (χ0n) is 11.2. The molecule has 0 spiro atoms. The summed E-state index contributed by atoms with van der Waals surface area (Å²) in [5, 5.41) is 14.3. The lowest BCUT2D eigenvalue weighted by molar-refractivity contribution is 0.151. The Bertz CT molecular complexity index is 584. The van der Waals surface area contributed by atoms with E-state index in [1.807, 2.05) is 19.1 Å². The lowest BCUT2D eigenvalue weighted by Crippen LogP contribution is -2.25. The Hall–Kier alpha value is -1.43. The molecule has 106 valence electrons. The molecule has 1 N–H and O–H groups in total. The van der Waals surface area contributed by atoms with Crippen LogP contribution in [0.2, 0.25) is 5.02 Å². The van der Waals surface area contributed by atoms with Gasteiger partial charge in [0.05, 0.1) is 12.1 Å². The van der Waals surface area contributed by atoms with Crippen molar-refractivity contribution in [1.82, 2.24) is 15.0 Å². The van der Waals surface area contributed by atoms with Crippen LogP contribution in [0.3, 0.4) is 0 Å². The average molecular weight is 294 g/mol. The van der Waals surface area contributed by atoms with Crippen LogP contribution in [0.5, 0.6) is 0 Å². The summed E-state index contributed by atoms with van der Waals surface area (Å²) in [6, 6.07) is 7.34. The molecule has 2 heterocycles. The van der Waals surface area contributed by atoms with E-state index in [0.29, 0.717) is 23.3 Å². The van der Waals surface area contributed by atoms with Crippen LogP contribution in [0.15, 0.2) is 28.8 Å². The van der Waals surface area contributed by atoms with Gasteiger partial charge in [-0.2, -0.15) is 4.98 Å². The van der Waals surface area contributed by atoms with E-state index in [-0.39, 0.29) is 12.1 Å². The lowest BCUT2D eigenvalue weighted by atomic mass is 10.2. The first kappa shape index (κ1) is 13.5. The fourth-order valence-corrected chi connectivity index (χ4v) is 2.52. The monoisotopic (exact) mass is 293 g/mol. The molecule has 0 radical (unpaired) electrons. The Kier molecular flexibility index (Phi) is 3.74. The fourth-order valence-electron chi connectivity index (χ4n) is 2.40. The minimum atomic E-state index is -0.254. The van der Waals surface area contributed by atoms with Crippen LogP contribution < -0.4 is 0 Å². The Balaban J connectivity index is 1.78. The van der Waals surface area contributed by atoms with Gasteiger partial charge in [-0.3, -0.25) is 4.90 Å². The number of hydrogen-bond donors (Lipinski definition) is 1. The highest BCUT2D eigenvalue weighted by Gasteiger charge is 2.28. The third-order valence-electron chi connectivity index (χ3n) is 3.64. The summed E-state index contributed by atoms with van der Waals surface area (Å²) in [4.78, 5) is 6.58. The number of halogens is 1. The largest absolute Gasteiger partial charge is 0.392 e. The zero-order chi connectivity index (χ0) is 14.1. The molecule has 3 rings (SSSR count). The van der Waals surface area contributed by atoms with Gasteiger partial charge in [-0.15, -0.1) is 0 Å². The molecule has 2 aromatic rings. The molecule has 5 nitrogen and oxygen atoms in total. The van der Waals surface area contributed by atoms with Gasteiger partial charge in [-0.1, -0.05) is 16.8 Å². The van der Waals surface area contributed by atoms with Crippen molar-refractivity contribution >= 4 is 11.6 Å². The molecule has 0 aliphatic carbocycles. The molecule has 1 fully saturated rings. The van der Waals surface area contributed by atoms with Crippen molar-refractivity contribution in [3.8, 4) is 11.4 Å². The number of nitrogens with zero attached hydrogens (tertiary/aromatic N) is 3. The quantitative estimate of drug-likeness (QED) is 0.942. The lowest BCUT2D eigenvalue weighted by Gasteiger charge is -2.19. The SMILES string of the molecule is CC(c1nc(-c2ccc(Cl)cc2)no1)N1CC[C@H](O)C1. The number of likely N-dealkylation sites (tertiary alicyclic amines) is 1. The van der Waals surface area contributed by atoms with E-state index in [1.165, 1.54) is 0 Å². The van der Waals surface area contributed by atoms with E-state index < -0.39 is 0 Å². The minimum absolute atomic E-state index is 0.0145. The summed E-state index contributed by atoms with van der Waals surface area (Å²) >= 11 is 5.86. The van der Waals surface area contributed by atoms with Crippen LogP contribution in [0.1, 0.15) is 25.3 Å². The van der Waals surface area contributed by atoms with Crippen LogP contribution in [0.25, 0.3) is 11.4 Å². The second kappa shape index (κ2) is 5.52. The van der Waals surface area contributed by atoms with Gasteiger partial charge in [0.2, 0.25) is 11.7 Å². The third-order valence-corrected chi connectivity index (χ3v) is 3.90. The first-order valence-electron chi connectivity index (χ1n) is 6.65. The van der Waals surface area contributed by atoms with Crippen LogP contribution in [0.4, 0.5) is 0 Å². The molecule has 1 aliphatic rings. The Morgan fingerprint density at radius 2 is 2.15 bits per heavy atom. The summed E-state index contributed by atoms with van der Waals surface area (Å²) in [5.41, 5.74) is 0.873. The number of rotatable bonds is 3. The molecule has 1 aromatic carbocycles. The predicted octanol–water partition coefficient (Wildman–Crippen LogP) is 2.52. The maximum absolute atomic E-state index is 9.58. The number of aromatic nitrogens is 2. The van der Waals surface area contributed by atoms with E-state index in [2.05, 4.69) is 15.0 Å². The minimum Gasteiger partial charge on any atom is -0.392 e. The molecular formula is C14H16ClN3O2. The highest BCUT2D eigenvalue weighted by molar-refractivity contribution is 6.30. The summed E-state index contributed by atoms with van der Waals surface area (Å²) in [6.45, 7) is 3.51. The Morgan fingerprint density at radius 1 is 1.40 bits per heavy atom. The molecule has 20 heavy (non-hydrogen) atoms. The fraction of sp³-hybridized carbons (Fsp3) is 0.429. The van der Waals surface area contributed by atoms with Gasteiger partial charge >= 0.3 is 0 Å². The van der Waals surface area contributed by atoms with Crippen molar-refractivity contribution in [2.75, 3.05) is 13.1 Å². The van der Waals surface area contributed by atoms with Crippen LogP contribution >= 0.6 is 11.6 Å². The summed E-state index contributed by atoms with van der Waals surface area (Å²) in [7, 11) is 0. The van der Waals surface area contributed by atoms with Gasteiger partial charge in [0.25, 0.3) is 0 Å². The molecule has 0 amide bonds. The number of aliphatic hydroxyl groups is 1. The summed E-state index contributed by atoms with van der Waals surface area (Å²) < 4.78 is 5.34. The van der Waals surface area contributed by atoms with Crippen molar-refractivity contribution in [3.05, 3.63) is 35.2 Å². The third kappa shape index (κ3) is 2.70. The average Bonchev–Trinajstić information content (AvgIpc) is 3.08. The second-order valence-electron chi connectivity index (χ2n) is 5.08.